The van der Waals surface area contributed by atoms with Crippen molar-refractivity contribution in [1.29, 1.82) is 0 Å². The molecule has 1 aliphatic heterocycles. The largest absolute Gasteiger partial charge is 0.371 e. The third-order valence-corrected chi connectivity index (χ3v) is 4.15. The average Bonchev–Trinajstić information content (AvgIpc) is 2.53. The van der Waals surface area contributed by atoms with E-state index in [0.29, 0.717) is 6.42 Å². The fourth-order valence-corrected chi connectivity index (χ4v) is 3.04. The van der Waals surface area contributed by atoms with Gasteiger partial charge in [0.2, 0.25) is 0 Å². The summed E-state index contributed by atoms with van der Waals surface area (Å²) in [5.74, 6) is 0.231. The monoisotopic (exact) mass is 279 g/mol. The fourth-order valence-electron chi connectivity index (χ4n) is 3.04. The zero-order chi connectivity index (χ0) is 14.7. The van der Waals surface area contributed by atoms with E-state index >= 15 is 0 Å². The van der Waals surface area contributed by atoms with Gasteiger partial charge in [0.25, 0.3) is 0 Å². The van der Waals surface area contributed by atoms with Crippen molar-refractivity contribution in [3.63, 3.8) is 0 Å². The molecule has 1 heterocycles. The van der Waals surface area contributed by atoms with E-state index in [1.807, 2.05) is 30.3 Å². The number of aryl methyl sites for hydroxylation is 2. The molecule has 0 radical (unpaired) electrons. The van der Waals surface area contributed by atoms with Crippen molar-refractivity contribution in [3.05, 3.63) is 65.2 Å². The summed E-state index contributed by atoms with van der Waals surface area (Å²) in [4.78, 5) is 14.6. The Morgan fingerprint density at radius 3 is 2.76 bits per heavy atom. The topological polar surface area (TPSA) is 20.3 Å². The number of ketones is 1. The zero-order valence-corrected chi connectivity index (χ0v) is 12.5. The highest BCUT2D eigenvalue weighted by atomic mass is 16.1. The van der Waals surface area contributed by atoms with E-state index in [0.717, 1.165) is 25.1 Å². The lowest BCUT2D eigenvalue weighted by atomic mass is 9.99. The van der Waals surface area contributed by atoms with E-state index in [1.165, 1.54) is 23.2 Å². The number of fused-ring (bicyclic) bond motifs is 1. The lowest BCUT2D eigenvalue weighted by molar-refractivity contribution is 0.0984. The maximum absolute atomic E-state index is 12.2. The third-order valence-electron chi connectivity index (χ3n) is 4.15. The molecule has 3 rings (SSSR count). The minimum atomic E-state index is 0.231. The Kier molecular flexibility index (Phi) is 4.05. The second kappa shape index (κ2) is 6.13. The Morgan fingerprint density at radius 2 is 1.95 bits per heavy atom. The van der Waals surface area contributed by atoms with Crippen molar-refractivity contribution in [3.8, 4) is 0 Å². The van der Waals surface area contributed by atoms with Crippen LogP contribution in [0.5, 0.6) is 0 Å². The molecule has 2 heteroatoms. The van der Waals surface area contributed by atoms with Gasteiger partial charge in [-0.15, -0.1) is 0 Å². The molecule has 21 heavy (non-hydrogen) atoms. The second-order valence-corrected chi connectivity index (χ2v) is 5.76. The summed E-state index contributed by atoms with van der Waals surface area (Å²) in [6.45, 7) is 4.00. The maximum atomic E-state index is 12.2. The molecule has 1 aliphatic rings. The molecular weight excluding hydrogens is 258 g/mol. The van der Waals surface area contributed by atoms with E-state index in [1.54, 1.807) is 0 Å². The van der Waals surface area contributed by atoms with Crippen LogP contribution in [-0.2, 0) is 6.42 Å². The molecule has 2 nitrogen and oxygen atoms in total. The summed E-state index contributed by atoms with van der Waals surface area (Å²) >= 11 is 0. The predicted molar refractivity (Wildman–Crippen MR) is 87.1 cm³/mol. The summed E-state index contributed by atoms with van der Waals surface area (Å²) in [5, 5.41) is 0. The first-order chi connectivity index (χ1) is 10.2. The van der Waals surface area contributed by atoms with Crippen molar-refractivity contribution in [2.75, 3.05) is 18.0 Å². The Bertz CT molecular complexity index is 633. The van der Waals surface area contributed by atoms with Crippen LogP contribution in [0.15, 0.2) is 48.5 Å². The molecule has 0 atom stereocenters. The normalized spacial score (nSPS) is 13.9. The predicted octanol–water partition coefficient (Wildman–Crippen LogP) is 4.02. The molecule has 0 saturated carbocycles. The first-order valence-electron chi connectivity index (χ1n) is 7.67. The number of rotatable bonds is 4. The van der Waals surface area contributed by atoms with Gasteiger partial charge < -0.3 is 4.90 Å². The number of nitrogens with zero attached hydrogens (tertiary/aromatic N) is 1. The molecule has 0 unspecified atom stereocenters. The Morgan fingerprint density at radius 1 is 1.14 bits per heavy atom. The number of carbonyl (C=O) groups excluding carboxylic acids is 1. The van der Waals surface area contributed by atoms with Gasteiger partial charge in [-0.05, 0) is 31.4 Å². The number of carbonyl (C=O) groups is 1. The lowest BCUT2D eigenvalue weighted by Gasteiger charge is -2.31. The Balaban J connectivity index is 1.68. The summed E-state index contributed by atoms with van der Waals surface area (Å²) in [6, 6.07) is 16.2. The highest BCUT2D eigenvalue weighted by molar-refractivity contribution is 5.96. The van der Waals surface area contributed by atoms with Gasteiger partial charge in [0, 0.05) is 30.8 Å². The summed E-state index contributed by atoms with van der Waals surface area (Å²) in [7, 11) is 0. The minimum absolute atomic E-state index is 0.231. The standard InChI is InChI=1S/C19H21NO/c1-15-9-10-18-17(14-15)8-5-12-20(18)13-11-19(21)16-6-3-2-4-7-16/h2-4,6-7,9-10,14H,5,8,11-13H2,1H3. The van der Waals surface area contributed by atoms with Crippen molar-refractivity contribution >= 4 is 11.5 Å². The van der Waals surface area contributed by atoms with Gasteiger partial charge in [0.1, 0.15) is 0 Å². The molecule has 0 saturated heterocycles. The van der Waals surface area contributed by atoms with Crippen LogP contribution in [0.1, 0.15) is 34.3 Å². The van der Waals surface area contributed by atoms with Gasteiger partial charge >= 0.3 is 0 Å². The molecule has 0 amide bonds. The second-order valence-electron chi connectivity index (χ2n) is 5.76. The van der Waals surface area contributed by atoms with Gasteiger partial charge in [0.15, 0.2) is 5.78 Å². The van der Waals surface area contributed by atoms with Gasteiger partial charge in [-0.25, -0.2) is 0 Å². The van der Waals surface area contributed by atoms with Crippen LogP contribution in [0.4, 0.5) is 5.69 Å². The highest BCUT2D eigenvalue weighted by Crippen LogP contribution is 2.28. The molecule has 0 N–H and O–H groups in total. The van der Waals surface area contributed by atoms with Gasteiger partial charge in [-0.3, -0.25) is 4.79 Å². The zero-order valence-electron chi connectivity index (χ0n) is 12.5. The van der Waals surface area contributed by atoms with Gasteiger partial charge in [0.05, 0.1) is 0 Å². The average molecular weight is 279 g/mol. The van der Waals surface area contributed by atoms with Crippen LogP contribution >= 0.6 is 0 Å². The van der Waals surface area contributed by atoms with Crippen LogP contribution in [0.25, 0.3) is 0 Å². The molecule has 0 bridgehead atoms. The molecule has 108 valence electrons. The highest BCUT2D eigenvalue weighted by Gasteiger charge is 2.17. The van der Waals surface area contributed by atoms with Gasteiger partial charge in [-0.1, -0.05) is 48.0 Å². The number of hydrogen-bond acceptors (Lipinski definition) is 2. The molecule has 0 fully saturated rings. The van der Waals surface area contributed by atoms with Crippen molar-refractivity contribution < 1.29 is 4.79 Å². The molecule has 0 aromatic heterocycles. The van der Waals surface area contributed by atoms with Crippen molar-refractivity contribution in [2.24, 2.45) is 0 Å². The van der Waals surface area contributed by atoms with E-state index < -0.39 is 0 Å². The van der Waals surface area contributed by atoms with Crippen LogP contribution in [0.3, 0.4) is 0 Å². The Labute approximate surface area is 126 Å². The Hall–Kier alpha value is -2.09. The van der Waals surface area contributed by atoms with E-state index in [2.05, 4.69) is 30.0 Å². The summed E-state index contributed by atoms with van der Waals surface area (Å²) in [6.07, 6.45) is 2.91. The van der Waals surface area contributed by atoms with Gasteiger partial charge in [-0.2, -0.15) is 0 Å². The number of benzene rings is 2. The summed E-state index contributed by atoms with van der Waals surface area (Å²) in [5.41, 5.74) is 4.87. The van der Waals surface area contributed by atoms with E-state index in [9.17, 15) is 4.79 Å². The lowest BCUT2D eigenvalue weighted by Crippen LogP contribution is -2.31. The van der Waals surface area contributed by atoms with Crippen LogP contribution in [-0.4, -0.2) is 18.9 Å². The van der Waals surface area contributed by atoms with Crippen molar-refractivity contribution in [1.82, 2.24) is 0 Å². The molecule has 0 spiro atoms. The maximum Gasteiger partial charge on any atom is 0.164 e. The quantitative estimate of drug-likeness (QED) is 0.788. The minimum Gasteiger partial charge on any atom is -0.371 e. The number of anilines is 1. The molecule has 2 aromatic carbocycles. The SMILES string of the molecule is Cc1ccc2c(c1)CCCN2CCC(=O)c1ccccc1. The smallest absolute Gasteiger partial charge is 0.164 e. The van der Waals surface area contributed by atoms with Crippen LogP contribution < -0.4 is 4.90 Å². The first kappa shape index (κ1) is 13.9. The molecule has 2 aromatic rings. The molecule has 0 aliphatic carbocycles. The number of Topliss-reactive ketones (excluding diaryl/α,β-unsaturated/α-hetero) is 1. The number of hydrogen-bond donors (Lipinski definition) is 0. The third kappa shape index (κ3) is 3.15. The van der Waals surface area contributed by atoms with Crippen LogP contribution in [0, 0.1) is 6.92 Å². The summed E-state index contributed by atoms with van der Waals surface area (Å²) < 4.78 is 0. The fraction of sp³-hybridized carbons (Fsp3) is 0.316. The van der Waals surface area contributed by atoms with E-state index in [4.69, 9.17) is 0 Å². The van der Waals surface area contributed by atoms with E-state index in [-0.39, 0.29) is 5.78 Å². The first-order valence-corrected chi connectivity index (χ1v) is 7.67. The van der Waals surface area contributed by atoms with Crippen LogP contribution in [0.2, 0.25) is 0 Å². The van der Waals surface area contributed by atoms with Crippen molar-refractivity contribution in [2.45, 2.75) is 26.2 Å². The molecular formula is C19H21NO.